The molecule has 1 atom stereocenters. The fraction of sp³-hybridized carbons (Fsp3) is 0.778. The Morgan fingerprint density at radius 2 is 1.63 bits per heavy atom. The maximum atomic E-state index is 5.56. The molecule has 0 unspecified atom stereocenters. The first-order valence-corrected chi connectivity index (χ1v) is 5.98. The van der Waals surface area contributed by atoms with Gasteiger partial charge in [-0.1, -0.05) is 10.4 Å². The summed E-state index contributed by atoms with van der Waals surface area (Å²) >= 11 is 0. The van der Waals surface area contributed by atoms with Crippen LogP contribution in [0.2, 0.25) is 0 Å². The van der Waals surface area contributed by atoms with Gasteiger partial charge in [-0.3, -0.25) is 0 Å². The lowest BCUT2D eigenvalue weighted by Gasteiger charge is -2.12. The van der Waals surface area contributed by atoms with Gasteiger partial charge in [0.15, 0.2) is 11.6 Å². The minimum atomic E-state index is 0.0113. The Bertz CT molecular complexity index is 431. The molecule has 104 valence electrons. The van der Waals surface area contributed by atoms with Gasteiger partial charge in [-0.2, -0.15) is 10.4 Å². The van der Waals surface area contributed by atoms with Crippen LogP contribution in [-0.4, -0.2) is 67.2 Å². The summed E-state index contributed by atoms with van der Waals surface area (Å²) in [6.07, 6.45) is 1.27. The summed E-state index contributed by atoms with van der Waals surface area (Å²) in [5.41, 5.74) is 0. The summed E-state index contributed by atoms with van der Waals surface area (Å²) in [5, 5.41) is 27.0. The molecule has 0 aliphatic heterocycles. The van der Waals surface area contributed by atoms with E-state index >= 15 is 0 Å². The number of nitrogens with zero attached hydrogens (tertiary/aromatic N) is 6. The molecule has 10 nitrogen and oxygen atoms in total. The van der Waals surface area contributed by atoms with Crippen molar-refractivity contribution in [3.8, 4) is 0 Å². The van der Waals surface area contributed by atoms with Crippen LogP contribution in [0.25, 0.3) is 0 Å². The number of rotatable bonds is 9. The van der Waals surface area contributed by atoms with Crippen molar-refractivity contribution in [2.45, 2.75) is 25.9 Å². The number of H-pyrrole nitrogens is 2. The molecule has 10 heteroatoms. The third kappa shape index (κ3) is 5.06. The van der Waals surface area contributed by atoms with E-state index in [-0.39, 0.29) is 6.10 Å². The Morgan fingerprint density at radius 1 is 1.00 bits per heavy atom. The second-order valence-corrected chi connectivity index (χ2v) is 3.91. The number of aromatic amines is 2. The normalized spacial score (nSPS) is 12.7. The van der Waals surface area contributed by atoms with E-state index in [1.54, 1.807) is 0 Å². The molecule has 19 heavy (non-hydrogen) atoms. The third-order valence-corrected chi connectivity index (χ3v) is 2.33. The maximum absolute atomic E-state index is 5.56. The molecule has 2 aromatic rings. The zero-order chi connectivity index (χ0) is 13.3. The van der Waals surface area contributed by atoms with Crippen molar-refractivity contribution in [2.24, 2.45) is 0 Å². The quantitative estimate of drug-likeness (QED) is 0.550. The molecule has 2 N–H and O–H groups in total. The summed E-state index contributed by atoms with van der Waals surface area (Å²) in [4.78, 5) is 0. The fourth-order valence-electron chi connectivity index (χ4n) is 1.39. The molecule has 2 heterocycles. The number of hydrogen-bond donors (Lipinski definition) is 2. The lowest BCUT2D eigenvalue weighted by atomic mass is 10.4. The molecule has 0 radical (unpaired) electrons. The van der Waals surface area contributed by atoms with Crippen molar-refractivity contribution < 1.29 is 9.47 Å². The Hall–Kier alpha value is -1.94. The van der Waals surface area contributed by atoms with Crippen molar-refractivity contribution in [2.75, 3.05) is 19.8 Å². The SMILES string of the molecule is C[C@H](COCCc1nn[nH]n1)OCCc1nn[nH]n1. The van der Waals surface area contributed by atoms with E-state index in [9.17, 15) is 0 Å². The van der Waals surface area contributed by atoms with Crippen molar-refractivity contribution in [3.63, 3.8) is 0 Å². The van der Waals surface area contributed by atoms with Gasteiger partial charge in [0.05, 0.1) is 25.9 Å². The van der Waals surface area contributed by atoms with Gasteiger partial charge >= 0.3 is 0 Å². The van der Waals surface area contributed by atoms with Gasteiger partial charge in [-0.25, -0.2) is 0 Å². The molecule has 0 aliphatic carbocycles. The summed E-state index contributed by atoms with van der Waals surface area (Å²) in [6.45, 7) is 3.54. The van der Waals surface area contributed by atoms with Gasteiger partial charge in [0, 0.05) is 12.8 Å². The van der Waals surface area contributed by atoms with Crippen LogP contribution in [0.15, 0.2) is 0 Å². The summed E-state index contributed by atoms with van der Waals surface area (Å²) < 4.78 is 11.0. The second-order valence-electron chi connectivity index (χ2n) is 3.91. The number of hydrogen-bond acceptors (Lipinski definition) is 8. The van der Waals surface area contributed by atoms with E-state index in [4.69, 9.17) is 9.47 Å². The monoisotopic (exact) mass is 268 g/mol. The molecule has 2 aromatic heterocycles. The first kappa shape index (κ1) is 13.5. The number of aromatic nitrogens is 8. The third-order valence-electron chi connectivity index (χ3n) is 2.33. The van der Waals surface area contributed by atoms with E-state index in [1.165, 1.54) is 0 Å². The molecule has 0 spiro atoms. The number of nitrogens with one attached hydrogen (secondary N) is 2. The van der Waals surface area contributed by atoms with Gasteiger partial charge in [0.25, 0.3) is 0 Å². The Kier molecular flexibility index (Phi) is 5.31. The predicted molar refractivity (Wildman–Crippen MR) is 62.0 cm³/mol. The highest BCUT2D eigenvalue weighted by Crippen LogP contribution is 1.96. The lowest BCUT2D eigenvalue weighted by molar-refractivity contribution is -0.00532. The highest BCUT2D eigenvalue weighted by molar-refractivity contribution is 4.76. The molecule has 0 fully saturated rings. The van der Waals surface area contributed by atoms with Gasteiger partial charge in [-0.05, 0) is 6.92 Å². The minimum absolute atomic E-state index is 0.0113. The zero-order valence-electron chi connectivity index (χ0n) is 10.6. The molecule has 0 bridgehead atoms. The topological polar surface area (TPSA) is 127 Å². The average molecular weight is 268 g/mol. The molecule has 0 aliphatic rings. The first-order valence-electron chi connectivity index (χ1n) is 5.98. The Balaban J connectivity index is 1.48. The van der Waals surface area contributed by atoms with Crippen LogP contribution in [0.4, 0.5) is 0 Å². The molecule has 0 amide bonds. The molecular weight excluding hydrogens is 252 g/mol. The van der Waals surface area contributed by atoms with Crippen LogP contribution in [0.5, 0.6) is 0 Å². The lowest BCUT2D eigenvalue weighted by Crippen LogP contribution is -2.18. The minimum Gasteiger partial charge on any atom is -0.378 e. The van der Waals surface area contributed by atoms with E-state index < -0.39 is 0 Å². The number of ether oxygens (including phenoxy) is 2. The van der Waals surface area contributed by atoms with Crippen LogP contribution in [0.3, 0.4) is 0 Å². The van der Waals surface area contributed by atoms with Crippen LogP contribution in [-0.2, 0) is 22.3 Å². The largest absolute Gasteiger partial charge is 0.378 e. The van der Waals surface area contributed by atoms with Gasteiger partial charge in [0.1, 0.15) is 0 Å². The van der Waals surface area contributed by atoms with Crippen LogP contribution in [0.1, 0.15) is 18.6 Å². The zero-order valence-corrected chi connectivity index (χ0v) is 10.6. The molecule has 2 rings (SSSR count). The molecule has 0 saturated carbocycles. The van der Waals surface area contributed by atoms with E-state index in [2.05, 4.69) is 41.2 Å². The second kappa shape index (κ2) is 7.48. The summed E-state index contributed by atoms with van der Waals surface area (Å²) in [7, 11) is 0. The van der Waals surface area contributed by atoms with Gasteiger partial charge in [0.2, 0.25) is 0 Å². The van der Waals surface area contributed by atoms with Gasteiger partial charge in [-0.15, -0.1) is 20.4 Å². The highest BCUT2D eigenvalue weighted by atomic mass is 16.5. The standard InChI is InChI=1S/C9H16N8O2/c1-7(19-5-3-9-12-16-17-13-9)6-18-4-2-8-10-14-15-11-8/h7H,2-6H2,1H3,(H,10,11,14,15)(H,12,13,16,17)/t7-/m1/s1. The molecule has 0 saturated heterocycles. The number of tetrazole rings is 2. The van der Waals surface area contributed by atoms with Crippen molar-refractivity contribution in [1.29, 1.82) is 0 Å². The smallest absolute Gasteiger partial charge is 0.176 e. The molecule has 0 aromatic carbocycles. The van der Waals surface area contributed by atoms with Crippen molar-refractivity contribution in [1.82, 2.24) is 41.2 Å². The highest BCUT2D eigenvalue weighted by Gasteiger charge is 2.05. The summed E-state index contributed by atoms with van der Waals surface area (Å²) in [6, 6.07) is 0. The fourth-order valence-corrected chi connectivity index (χ4v) is 1.39. The van der Waals surface area contributed by atoms with E-state index in [0.717, 1.165) is 0 Å². The summed E-state index contributed by atoms with van der Waals surface area (Å²) in [5.74, 6) is 1.29. The van der Waals surface area contributed by atoms with E-state index in [0.29, 0.717) is 44.3 Å². The van der Waals surface area contributed by atoms with Crippen LogP contribution < -0.4 is 0 Å². The van der Waals surface area contributed by atoms with Gasteiger partial charge < -0.3 is 9.47 Å². The van der Waals surface area contributed by atoms with Crippen LogP contribution in [0, 0.1) is 0 Å². The van der Waals surface area contributed by atoms with Crippen molar-refractivity contribution >= 4 is 0 Å². The Morgan fingerprint density at radius 3 is 2.21 bits per heavy atom. The maximum Gasteiger partial charge on any atom is 0.176 e. The Labute approximate surface area is 109 Å². The first-order chi connectivity index (χ1) is 9.34. The van der Waals surface area contributed by atoms with E-state index in [1.807, 2.05) is 6.92 Å². The predicted octanol–water partition coefficient (Wildman–Crippen LogP) is -1.08. The molecular formula is C9H16N8O2. The van der Waals surface area contributed by atoms with Crippen molar-refractivity contribution in [3.05, 3.63) is 11.6 Å². The van der Waals surface area contributed by atoms with Crippen LogP contribution >= 0.6 is 0 Å². The average Bonchev–Trinajstić information content (AvgIpc) is 3.07.